The molecule has 1 aromatic rings. The van der Waals surface area contributed by atoms with E-state index in [1.165, 1.54) is 0 Å². The van der Waals surface area contributed by atoms with Gasteiger partial charge in [0.15, 0.2) is 5.41 Å². The molecule has 1 aromatic carbocycles. The number of halogens is 3. The summed E-state index contributed by atoms with van der Waals surface area (Å²) in [7, 11) is 0. The Kier molecular flexibility index (Phi) is 4.04. The molecular weight excluding hydrogens is 269 g/mol. The van der Waals surface area contributed by atoms with E-state index in [9.17, 15) is 18.0 Å². The molecule has 110 valence electrons. The minimum absolute atomic E-state index is 0.201. The summed E-state index contributed by atoms with van der Waals surface area (Å²) in [5, 5.41) is 5.12. The van der Waals surface area contributed by atoms with Gasteiger partial charge in [0.25, 0.3) is 0 Å². The normalized spacial score (nSPS) is 24.4. The van der Waals surface area contributed by atoms with Gasteiger partial charge in [0.05, 0.1) is 6.04 Å². The van der Waals surface area contributed by atoms with Crippen molar-refractivity contribution in [1.82, 2.24) is 10.6 Å². The van der Waals surface area contributed by atoms with E-state index in [1.54, 1.807) is 31.2 Å². The standard InChI is InChI=1S/C14H17F3N2O/c1-10(11-5-3-2-4-6-11)19-12(20)13(14(15,16)17)7-8-18-9-13/h2-6,10,18H,7-9H2,1H3,(H,19,20)/t10-,13?/m0/s1. The van der Waals surface area contributed by atoms with Gasteiger partial charge in [0.2, 0.25) is 5.91 Å². The molecular formula is C14H17F3N2O. The summed E-state index contributed by atoms with van der Waals surface area (Å²) in [5.74, 6) is -0.952. The molecule has 3 nitrogen and oxygen atoms in total. The van der Waals surface area contributed by atoms with Crippen LogP contribution in [0.1, 0.15) is 24.9 Å². The van der Waals surface area contributed by atoms with Crippen molar-refractivity contribution in [3.63, 3.8) is 0 Å². The van der Waals surface area contributed by atoms with Gasteiger partial charge in [-0.2, -0.15) is 13.2 Å². The van der Waals surface area contributed by atoms with Crippen molar-refractivity contribution in [3.05, 3.63) is 35.9 Å². The van der Waals surface area contributed by atoms with E-state index in [2.05, 4.69) is 10.6 Å². The minimum atomic E-state index is -4.54. The Morgan fingerprint density at radius 1 is 1.35 bits per heavy atom. The average molecular weight is 286 g/mol. The number of alkyl halides is 3. The minimum Gasteiger partial charge on any atom is -0.349 e. The zero-order valence-electron chi connectivity index (χ0n) is 11.1. The lowest BCUT2D eigenvalue weighted by molar-refractivity contribution is -0.216. The highest BCUT2D eigenvalue weighted by Gasteiger charge is 2.61. The second-order valence-electron chi connectivity index (χ2n) is 5.11. The molecule has 1 unspecified atom stereocenters. The van der Waals surface area contributed by atoms with E-state index in [4.69, 9.17) is 0 Å². The average Bonchev–Trinajstić information content (AvgIpc) is 2.90. The first-order valence-corrected chi connectivity index (χ1v) is 6.50. The van der Waals surface area contributed by atoms with Crippen molar-refractivity contribution in [3.8, 4) is 0 Å². The fraction of sp³-hybridized carbons (Fsp3) is 0.500. The van der Waals surface area contributed by atoms with E-state index in [0.29, 0.717) is 0 Å². The summed E-state index contributed by atoms with van der Waals surface area (Å²) >= 11 is 0. The second-order valence-corrected chi connectivity index (χ2v) is 5.11. The summed E-state index contributed by atoms with van der Waals surface area (Å²) < 4.78 is 39.7. The second kappa shape index (κ2) is 5.44. The number of nitrogens with one attached hydrogen (secondary N) is 2. The van der Waals surface area contributed by atoms with Gasteiger partial charge in [-0.3, -0.25) is 4.79 Å². The number of carbonyl (C=O) groups is 1. The maximum absolute atomic E-state index is 13.2. The molecule has 0 bridgehead atoms. The first-order valence-electron chi connectivity index (χ1n) is 6.50. The van der Waals surface area contributed by atoms with Crippen molar-refractivity contribution in [1.29, 1.82) is 0 Å². The smallest absolute Gasteiger partial charge is 0.349 e. The third kappa shape index (κ3) is 2.65. The third-order valence-electron chi connectivity index (χ3n) is 3.78. The van der Waals surface area contributed by atoms with Crippen LogP contribution in [0.15, 0.2) is 30.3 Å². The molecule has 1 saturated heterocycles. The maximum atomic E-state index is 13.2. The highest BCUT2D eigenvalue weighted by Crippen LogP contribution is 2.43. The maximum Gasteiger partial charge on any atom is 0.404 e. The Morgan fingerprint density at radius 2 is 2.00 bits per heavy atom. The molecule has 20 heavy (non-hydrogen) atoms. The van der Waals surface area contributed by atoms with Crippen molar-refractivity contribution < 1.29 is 18.0 Å². The first-order chi connectivity index (χ1) is 9.37. The van der Waals surface area contributed by atoms with Crippen LogP contribution in [0.4, 0.5) is 13.2 Å². The molecule has 1 fully saturated rings. The largest absolute Gasteiger partial charge is 0.404 e. The molecule has 6 heteroatoms. The van der Waals surface area contributed by atoms with Gasteiger partial charge >= 0.3 is 6.18 Å². The Hall–Kier alpha value is -1.56. The lowest BCUT2D eigenvalue weighted by atomic mass is 9.84. The monoisotopic (exact) mass is 286 g/mol. The van der Waals surface area contributed by atoms with E-state index in [-0.39, 0.29) is 19.5 Å². The van der Waals surface area contributed by atoms with Gasteiger partial charge < -0.3 is 10.6 Å². The number of hydrogen-bond acceptors (Lipinski definition) is 2. The number of hydrogen-bond donors (Lipinski definition) is 2. The van der Waals surface area contributed by atoms with Crippen LogP contribution in [-0.2, 0) is 4.79 Å². The quantitative estimate of drug-likeness (QED) is 0.896. The molecule has 1 amide bonds. The van der Waals surface area contributed by atoms with Crippen molar-refractivity contribution in [2.75, 3.05) is 13.1 Å². The van der Waals surface area contributed by atoms with Crippen LogP contribution in [0, 0.1) is 5.41 Å². The van der Waals surface area contributed by atoms with Crippen LogP contribution in [0.2, 0.25) is 0 Å². The summed E-state index contributed by atoms with van der Waals surface area (Å²) in [6.07, 6.45) is -4.76. The van der Waals surface area contributed by atoms with Gasteiger partial charge in [-0.15, -0.1) is 0 Å². The zero-order chi connectivity index (χ0) is 14.8. The van der Waals surface area contributed by atoms with E-state index < -0.39 is 23.5 Å². The van der Waals surface area contributed by atoms with Gasteiger partial charge in [0, 0.05) is 6.54 Å². The van der Waals surface area contributed by atoms with E-state index in [0.717, 1.165) is 5.56 Å². The molecule has 1 aliphatic heterocycles. The third-order valence-corrected chi connectivity index (χ3v) is 3.78. The highest BCUT2D eigenvalue weighted by molar-refractivity contribution is 5.84. The van der Waals surface area contributed by atoms with Gasteiger partial charge in [-0.1, -0.05) is 30.3 Å². The van der Waals surface area contributed by atoms with Crippen LogP contribution < -0.4 is 10.6 Å². The molecule has 2 atom stereocenters. The summed E-state index contributed by atoms with van der Waals surface area (Å²) in [6.45, 7) is 1.52. The van der Waals surface area contributed by atoms with Crippen LogP contribution in [0.25, 0.3) is 0 Å². The lowest BCUT2D eigenvalue weighted by Crippen LogP contribution is -2.52. The molecule has 1 aliphatic rings. The van der Waals surface area contributed by atoms with Crippen LogP contribution in [0.5, 0.6) is 0 Å². The van der Waals surface area contributed by atoms with Gasteiger partial charge in [-0.05, 0) is 25.5 Å². The fourth-order valence-corrected chi connectivity index (χ4v) is 2.42. The van der Waals surface area contributed by atoms with Gasteiger partial charge in [0.1, 0.15) is 0 Å². The van der Waals surface area contributed by atoms with Crippen LogP contribution in [-0.4, -0.2) is 25.2 Å². The summed E-state index contributed by atoms with van der Waals surface area (Å²) in [6, 6.07) is 8.49. The fourth-order valence-electron chi connectivity index (χ4n) is 2.42. The summed E-state index contributed by atoms with van der Waals surface area (Å²) in [5.41, 5.74) is -1.53. The van der Waals surface area contributed by atoms with Crippen LogP contribution >= 0.6 is 0 Å². The molecule has 1 heterocycles. The predicted molar refractivity (Wildman–Crippen MR) is 69.0 cm³/mol. The summed E-state index contributed by atoms with van der Waals surface area (Å²) in [4.78, 5) is 12.1. The highest BCUT2D eigenvalue weighted by atomic mass is 19.4. The molecule has 0 spiro atoms. The predicted octanol–water partition coefficient (Wildman–Crippen LogP) is 2.41. The molecule has 0 radical (unpaired) electrons. The molecule has 2 rings (SSSR count). The van der Waals surface area contributed by atoms with E-state index >= 15 is 0 Å². The Bertz CT molecular complexity index is 467. The molecule has 0 saturated carbocycles. The molecule has 0 aromatic heterocycles. The molecule has 0 aliphatic carbocycles. The van der Waals surface area contributed by atoms with Gasteiger partial charge in [-0.25, -0.2) is 0 Å². The number of rotatable bonds is 3. The van der Waals surface area contributed by atoms with Crippen molar-refractivity contribution in [2.24, 2.45) is 5.41 Å². The van der Waals surface area contributed by atoms with Crippen molar-refractivity contribution >= 4 is 5.91 Å². The Balaban J connectivity index is 2.14. The topological polar surface area (TPSA) is 41.1 Å². The Labute approximate surface area is 115 Å². The number of carbonyl (C=O) groups excluding carboxylic acids is 1. The Morgan fingerprint density at radius 3 is 2.50 bits per heavy atom. The van der Waals surface area contributed by atoms with Crippen molar-refractivity contribution in [2.45, 2.75) is 25.6 Å². The van der Waals surface area contributed by atoms with E-state index in [1.807, 2.05) is 6.07 Å². The van der Waals surface area contributed by atoms with Crippen LogP contribution in [0.3, 0.4) is 0 Å². The number of amides is 1. The SMILES string of the molecule is C[C@H](NC(=O)C1(C(F)(F)F)CCNC1)c1ccccc1. The zero-order valence-corrected chi connectivity index (χ0v) is 11.1. The molecule has 2 N–H and O–H groups in total. The lowest BCUT2D eigenvalue weighted by Gasteiger charge is -2.30. The number of benzene rings is 1. The first kappa shape index (κ1) is 14.8.